The summed E-state index contributed by atoms with van der Waals surface area (Å²) in [4.78, 5) is 10.8. The van der Waals surface area contributed by atoms with Gasteiger partial charge >= 0.3 is 6.09 Å². The van der Waals surface area contributed by atoms with E-state index in [-0.39, 0.29) is 18.5 Å². The first-order chi connectivity index (χ1) is 7.44. The van der Waals surface area contributed by atoms with Crippen LogP contribution in [0.3, 0.4) is 0 Å². The lowest BCUT2D eigenvalue weighted by Crippen LogP contribution is -2.34. The number of carbonyl (C=O) groups excluding carboxylic acids is 1. The highest BCUT2D eigenvalue weighted by molar-refractivity contribution is 5.65. The summed E-state index contributed by atoms with van der Waals surface area (Å²) in [5, 5.41) is 9.50. The number of aromatic nitrogens is 3. The Morgan fingerprint density at radius 3 is 2.75 bits per heavy atom. The molecule has 1 heterocycles. The van der Waals surface area contributed by atoms with Crippen molar-refractivity contribution in [3.8, 4) is 0 Å². The maximum atomic E-state index is 13.2. The summed E-state index contributed by atoms with van der Waals surface area (Å²) in [6.45, 7) is 0. The number of H-pyrrole nitrogens is 1. The largest absolute Gasteiger partial charge is 0.436 e. The number of nitrogens with one attached hydrogen (secondary N) is 1. The standard InChI is InChI=1S/C8H10F2N4O2/c9-8(10)2-1-7(4-8,16-6(11)15)5-3-12-14-13-5/h3H,1-2,4H2,(H2,11,15)(H,12,13,14). The minimum atomic E-state index is -2.88. The van der Waals surface area contributed by atoms with E-state index in [2.05, 4.69) is 15.4 Å². The van der Waals surface area contributed by atoms with E-state index in [4.69, 9.17) is 10.5 Å². The fourth-order valence-electron chi connectivity index (χ4n) is 1.95. The second-order valence-electron chi connectivity index (χ2n) is 3.80. The van der Waals surface area contributed by atoms with Gasteiger partial charge in [0, 0.05) is 6.42 Å². The van der Waals surface area contributed by atoms with E-state index in [1.165, 1.54) is 6.20 Å². The number of hydrogen-bond donors (Lipinski definition) is 2. The van der Waals surface area contributed by atoms with E-state index in [0.29, 0.717) is 0 Å². The minimum absolute atomic E-state index is 0.0184. The van der Waals surface area contributed by atoms with Crippen LogP contribution in [0.5, 0.6) is 0 Å². The summed E-state index contributed by atoms with van der Waals surface area (Å²) in [5.74, 6) is -2.88. The fourth-order valence-corrected chi connectivity index (χ4v) is 1.95. The normalized spacial score (nSPS) is 27.9. The van der Waals surface area contributed by atoms with E-state index < -0.39 is 24.0 Å². The molecule has 8 heteroatoms. The average Bonchev–Trinajstić information content (AvgIpc) is 2.72. The maximum Gasteiger partial charge on any atom is 0.405 e. The quantitative estimate of drug-likeness (QED) is 0.792. The zero-order chi connectivity index (χ0) is 11.8. The molecule has 0 radical (unpaired) electrons. The molecule has 88 valence electrons. The number of amides is 1. The first-order valence-electron chi connectivity index (χ1n) is 4.66. The zero-order valence-corrected chi connectivity index (χ0v) is 8.24. The summed E-state index contributed by atoms with van der Waals surface area (Å²) in [7, 11) is 0. The van der Waals surface area contributed by atoms with Gasteiger partial charge in [0.05, 0.1) is 12.6 Å². The Morgan fingerprint density at radius 2 is 2.31 bits per heavy atom. The Morgan fingerprint density at radius 1 is 1.56 bits per heavy atom. The topological polar surface area (TPSA) is 93.9 Å². The van der Waals surface area contributed by atoms with Gasteiger partial charge in [0.25, 0.3) is 5.92 Å². The zero-order valence-electron chi connectivity index (χ0n) is 8.24. The Hall–Kier alpha value is -1.73. The first-order valence-corrected chi connectivity index (χ1v) is 4.66. The van der Waals surface area contributed by atoms with Crippen LogP contribution in [0.1, 0.15) is 25.0 Å². The van der Waals surface area contributed by atoms with Crippen molar-refractivity contribution >= 4 is 6.09 Å². The third-order valence-corrected chi connectivity index (χ3v) is 2.62. The molecule has 0 aromatic carbocycles. The van der Waals surface area contributed by atoms with Crippen LogP contribution in [0.2, 0.25) is 0 Å². The van der Waals surface area contributed by atoms with Crippen LogP contribution in [-0.2, 0) is 10.3 Å². The molecule has 1 aliphatic carbocycles. The number of aromatic amines is 1. The number of hydrogen-bond acceptors (Lipinski definition) is 4. The van der Waals surface area contributed by atoms with Crippen molar-refractivity contribution in [2.45, 2.75) is 30.8 Å². The summed E-state index contributed by atoms with van der Waals surface area (Å²) in [5.41, 5.74) is 3.60. The lowest BCUT2D eigenvalue weighted by atomic mass is 9.98. The van der Waals surface area contributed by atoms with Gasteiger partial charge in [-0.05, 0) is 6.42 Å². The second-order valence-corrected chi connectivity index (χ2v) is 3.80. The third kappa shape index (κ3) is 1.82. The van der Waals surface area contributed by atoms with E-state index >= 15 is 0 Å². The Bertz CT molecular complexity index is 395. The molecule has 0 bridgehead atoms. The molecule has 0 saturated heterocycles. The fraction of sp³-hybridized carbons (Fsp3) is 0.625. The molecule has 1 saturated carbocycles. The molecule has 1 unspecified atom stereocenters. The molecular weight excluding hydrogens is 222 g/mol. The highest BCUT2D eigenvalue weighted by atomic mass is 19.3. The predicted octanol–water partition coefficient (Wildman–Crippen LogP) is 0.915. The minimum Gasteiger partial charge on any atom is -0.436 e. The van der Waals surface area contributed by atoms with Crippen LogP contribution in [0, 0.1) is 0 Å². The van der Waals surface area contributed by atoms with Gasteiger partial charge in [0.2, 0.25) is 0 Å². The molecule has 0 aliphatic heterocycles. The van der Waals surface area contributed by atoms with Gasteiger partial charge in [-0.3, -0.25) is 0 Å². The van der Waals surface area contributed by atoms with E-state index in [9.17, 15) is 13.6 Å². The molecule has 6 nitrogen and oxygen atoms in total. The third-order valence-electron chi connectivity index (χ3n) is 2.62. The molecular formula is C8H10F2N4O2. The van der Waals surface area contributed by atoms with Crippen molar-refractivity contribution in [1.82, 2.24) is 15.4 Å². The molecule has 3 N–H and O–H groups in total. The SMILES string of the molecule is NC(=O)OC1(c2cn[nH]n2)CCC(F)(F)C1. The smallest absolute Gasteiger partial charge is 0.405 e. The number of halogens is 2. The van der Waals surface area contributed by atoms with Gasteiger partial charge in [-0.15, -0.1) is 0 Å². The maximum absolute atomic E-state index is 13.2. The lowest BCUT2D eigenvalue weighted by Gasteiger charge is -2.25. The number of carbonyl (C=O) groups is 1. The summed E-state index contributed by atoms with van der Waals surface area (Å²) in [6.07, 6.45) is -0.844. The number of ether oxygens (including phenoxy) is 1. The molecule has 2 rings (SSSR count). The van der Waals surface area contributed by atoms with Gasteiger partial charge in [-0.2, -0.15) is 15.4 Å². The number of primary amides is 1. The van der Waals surface area contributed by atoms with Crippen LogP contribution >= 0.6 is 0 Å². The van der Waals surface area contributed by atoms with Crippen LogP contribution in [0.25, 0.3) is 0 Å². The van der Waals surface area contributed by atoms with Crippen molar-refractivity contribution < 1.29 is 18.3 Å². The number of rotatable bonds is 2. The highest BCUT2D eigenvalue weighted by Gasteiger charge is 2.54. The van der Waals surface area contributed by atoms with Crippen LogP contribution < -0.4 is 5.73 Å². The molecule has 1 atom stereocenters. The van der Waals surface area contributed by atoms with Gasteiger partial charge in [-0.1, -0.05) is 0 Å². The van der Waals surface area contributed by atoms with Gasteiger partial charge in [-0.25, -0.2) is 13.6 Å². The number of nitrogens with two attached hydrogens (primary N) is 1. The highest BCUT2D eigenvalue weighted by Crippen LogP contribution is 2.48. The summed E-state index contributed by atoms with van der Waals surface area (Å²) in [6, 6.07) is 0. The molecule has 16 heavy (non-hydrogen) atoms. The number of nitrogens with zero attached hydrogens (tertiary/aromatic N) is 2. The predicted molar refractivity (Wildman–Crippen MR) is 47.5 cm³/mol. The van der Waals surface area contributed by atoms with Crippen LogP contribution in [0.15, 0.2) is 6.20 Å². The molecule has 1 amide bonds. The van der Waals surface area contributed by atoms with Crippen molar-refractivity contribution in [3.05, 3.63) is 11.9 Å². The van der Waals surface area contributed by atoms with Crippen LogP contribution in [-0.4, -0.2) is 27.4 Å². The van der Waals surface area contributed by atoms with Gasteiger partial charge < -0.3 is 10.5 Å². The molecule has 1 aromatic rings. The van der Waals surface area contributed by atoms with Crippen molar-refractivity contribution in [2.75, 3.05) is 0 Å². The van der Waals surface area contributed by atoms with Gasteiger partial charge in [0.1, 0.15) is 5.69 Å². The Balaban J connectivity index is 2.32. The molecule has 1 aromatic heterocycles. The van der Waals surface area contributed by atoms with Crippen molar-refractivity contribution in [2.24, 2.45) is 5.73 Å². The molecule has 0 spiro atoms. The molecule has 1 fully saturated rings. The summed E-state index contributed by atoms with van der Waals surface area (Å²) >= 11 is 0. The van der Waals surface area contributed by atoms with Gasteiger partial charge in [0.15, 0.2) is 5.60 Å². The van der Waals surface area contributed by atoms with Crippen LogP contribution in [0.4, 0.5) is 13.6 Å². The van der Waals surface area contributed by atoms with E-state index in [1.807, 2.05) is 0 Å². The van der Waals surface area contributed by atoms with Crippen molar-refractivity contribution in [1.29, 1.82) is 0 Å². The summed E-state index contributed by atoms with van der Waals surface area (Å²) < 4.78 is 31.2. The van der Waals surface area contributed by atoms with E-state index in [1.54, 1.807) is 0 Å². The molecule has 1 aliphatic rings. The second kappa shape index (κ2) is 3.39. The Kier molecular flexibility index (Phi) is 2.28. The first kappa shape index (κ1) is 10.8. The lowest BCUT2D eigenvalue weighted by molar-refractivity contribution is -0.0421. The van der Waals surface area contributed by atoms with Crippen molar-refractivity contribution in [3.63, 3.8) is 0 Å². The van der Waals surface area contributed by atoms with E-state index in [0.717, 1.165) is 0 Å². The monoisotopic (exact) mass is 232 g/mol. The Labute approximate surface area is 89.1 Å². The number of alkyl halides is 2. The average molecular weight is 232 g/mol.